The van der Waals surface area contributed by atoms with E-state index in [0.29, 0.717) is 23.9 Å². The maximum absolute atomic E-state index is 13.9. The number of ether oxygens (including phenoxy) is 1. The van der Waals surface area contributed by atoms with Gasteiger partial charge in [0.2, 0.25) is 5.91 Å². The van der Waals surface area contributed by atoms with Crippen LogP contribution in [-0.4, -0.2) is 69.1 Å². The second kappa shape index (κ2) is 11.5. The molecule has 1 unspecified atom stereocenters. The second-order valence-corrected chi connectivity index (χ2v) is 11.6. The van der Waals surface area contributed by atoms with Crippen LogP contribution in [0.25, 0.3) is 11.3 Å². The van der Waals surface area contributed by atoms with Gasteiger partial charge in [-0.1, -0.05) is 65.6 Å². The summed E-state index contributed by atoms with van der Waals surface area (Å²) < 4.78 is 5.72. The molecule has 1 saturated heterocycles. The fraction of sp³-hybridized carbons (Fsp3) is 0.357. The van der Waals surface area contributed by atoms with Crippen LogP contribution in [0.2, 0.25) is 5.02 Å². The molecule has 2 aromatic carbocycles. The number of nitrogens with zero attached hydrogens (tertiary/aromatic N) is 4. The number of carbonyl (C=O) groups excluding carboxylic acids is 3. The molecule has 0 bridgehead atoms. The molecule has 2 atom stereocenters. The summed E-state index contributed by atoms with van der Waals surface area (Å²) in [5, 5.41) is 3.29. The molecule has 10 nitrogen and oxygen atoms in total. The molecule has 2 aliphatic heterocycles. The van der Waals surface area contributed by atoms with Crippen molar-refractivity contribution < 1.29 is 19.1 Å². The monoisotopic (exact) mass is 628 g/mol. The van der Waals surface area contributed by atoms with Gasteiger partial charge in [-0.15, -0.1) is 0 Å². The first kappa shape index (κ1) is 28.0. The lowest BCUT2D eigenvalue weighted by molar-refractivity contribution is -0.135. The SMILES string of the molecule is COC(=O)NC(C(=O)N1CN(C(=O)N2Cc3cccc(Cl)c3C2)C[C@H]1c1ncc(-c2ccc(Br)cc2)[nH]1)C(C)C. The fourth-order valence-electron chi connectivity index (χ4n) is 5.12. The molecular formula is C28H30BrClN6O4. The predicted molar refractivity (Wildman–Crippen MR) is 153 cm³/mol. The van der Waals surface area contributed by atoms with Crippen molar-refractivity contribution in [1.29, 1.82) is 0 Å². The van der Waals surface area contributed by atoms with Gasteiger partial charge in [0.25, 0.3) is 0 Å². The summed E-state index contributed by atoms with van der Waals surface area (Å²) in [4.78, 5) is 52.6. The number of rotatable bonds is 5. The maximum atomic E-state index is 13.9. The van der Waals surface area contributed by atoms with Crippen LogP contribution in [0.4, 0.5) is 9.59 Å². The van der Waals surface area contributed by atoms with Crippen molar-refractivity contribution in [2.24, 2.45) is 5.92 Å². The van der Waals surface area contributed by atoms with E-state index in [9.17, 15) is 14.4 Å². The van der Waals surface area contributed by atoms with Crippen LogP contribution in [0.15, 0.2) is 53.1 Å². The Labute approximate surface area is 245 Å². The van der Waals surface area contributed by atoms with Gasteiger partial charge in [0.1, 0.15) is 17.9 Å². The van der Waals surface area contributed by atoms with E-state index in [-0.39, 0.29) is 31.1 Å². The second-order valence-electron chi connectivity index (χ2n) is 10.3. The van der Waals surface area contributed by atoms with Crippen molar-refractivity contribution in [3.63, 3.8) is 0 Å². The summed E-state index contributed by atoms with van der Waals surface area (Å²) in [5.41, 5.74) is 3.67. The first-order chi connectivity index (χ1) is 19.2. The fourth-order valence-corrected chi connectivity index (χ4v) is 5.64. The molecule has 3 heterocycles. The Bertz CT molecular complexity index is 1430. The lowest BCUT2D eigenvalue weighted by Gasteiger charge is -2.29. The molecule has 0 spiro atoms. The molecule has 1 fully saturated rings. The number of fused-ring (bicyclic) bond motifs is 1. The summed E-state index contributed by atoms with van der Waals surface area (Å²) in [7, 11) is 1.25. The van der Waals surface area contributed by atoms with Gasteiger partial charge in [0, 0.05) is 22.6 Å². The van der Waals surface area contributed by atoms with E-state index < -0.39 is 18.2 Å². The standard InChI is InChI=1S/C28H30BrClN6O4/c1-16(2)24(33-27(38)40-3)26(37)36-15-35(28(39)34-12-18-5-4-6-21(30)20(18)13-34)14-23(36)25-31-11-22(32-25)17-7-9-19(29)10-8-17/h4-11,16,23-24H,12-15H2,1-3H3,(H,31,32)(H,33,38)/t23-,24?/m0/s1. The molecule has 3 aromatic rings. The van der Waals surface area contributed by atoms with Gasteiger partial charge in [-0.05, 0) is 40.8 Å². The van der Waals surface area contributed by atoms with Crippen molar-refractivity contribution in [3.8, 4) is 11.3 Å². The molecular weight excluding hydrogens is 600 g/mol. The van der Waals surface area contributed by atoms with Gasteiger partial charge in [-0.25, -0.2) is 14.6 Å². The zero-order valence-electron chi connectivity index (χ0n) is 22.4. The molecule has 40 heavy (non-hydrogen) atoms. The van der Waals surface area contributed by atoms with Crippen LogP contribution >= 0.6 is 27.5 Å². The number of aromatic nitrogens is 2. The largest absolute Gasteiger partial charge is 0.453 e. The molecule has 0 radical (unpaired) electrons. The third kappa shape index (κ3) is 5.53. The van der Waals surface area contributed by atoms with E-state index >= 15 is 0 Å². The highest BCUT2D eigenvalue weighted by molar-refractivity contribution is 9.10. The topological polar surface area (TPSA) is 111 Å². The lowest BCUT2D eigenvalue weighted by Crippen LogP contribution is -2.52. The minimum Gasteiger partial charge on any atom is -0.453 e. The van der Waals surface area contributed by atoms with Gasteiger partial charge in [-0.3, -0.25) is 4.79 Å². The van der Waals surface area contributed by atoms with Crippen LogP contribution in [0.3, 0.4) is 0 Å². The third-order valence-electron chi connectivity index (χ3n) is 7.30. The van der Waals surface area contributed by atoms with Crippen LogP contribution in [0, 0.1) is 5.92 Å². The van der Waals surface area contributed by atoms with Crippen LogP contribution in [-0.2, 0) is 22.6 Å². The van der Waals surface area contributed by atoms with E-state index in [4.69, 9.17) is 16.3 Å². The summed E-state index contributed by atoms with van der Waals surface area (Å²) >= 11 is 9.83. The number of aromatic amines is 1. The summed E-state index contributed by atoms with van der Waals surface area (Å²) in [6, 6.07) is 11.9. The normalized spacial score (nSPS) is 17.2. The third-order valence-corrected chi connectivity index (χ3v) is 8.18. The van der Waals surface area contributed by atoms with Crippen molar-refractivity contribution in [1.82, 2.24) is 30.0 Å². The Balaban J connectivity index is 1.43. The number of benzene rings is 2. The Morgan fingerprint density at radius 3 is 2.55 bits per heavy atom. The Kier molecular flexibility index (Phi) is 8.04. The van der Waals surface area contributed by atoms with E-state index in [1.54, 1.807) is 20.9 Å². The average molecular weight is 630 g/mol. The number of amides is 4. The van der Waals surface area contributed by atoms with Gasteiger partial charge < -0.3 is 29.7 Å². The van der Waals surface area contributed by atoms with Crippen molar-refractivity contribution in [2.75, 3.05) is 20.3 Å². The number of nitrogens with one attached hydrogen (secondary N) is 2. The Morgan fingerprint density at radius 1 is 1.12 bits per heavy atom. The smallest absolute Gasteiger partial charge is 0.407 e. The Hall–Kier alpha value is -3.57. The van der Waals surface area contributed by atoms with Crippen LogP contribution in [0.5, 0.6) is 0 Å². The molecule has 12 heteroatoms. The van der Waals surface area contributed by atoms with E-state index in [1.165, 1.54) is 7.11 Å². The number of alkyl carbamates (subject to hydrolysis) is 1. The van der Waals surface area contributed by atoms with Crippen LogP contribution < -0.4 is 5.32 Å². The number of urea groups is 1. The number of methoxy groups -OCH3 is 1. The molecule has 1 aromatic heterocycles. The van der Waals surface area contributed by atoms with Crippen molar-refractivity contribution in [3.05, 3.63) is 75.1 Å². The Morgan fingerprint density at radius 2 is 1.88 bits per heavy atom. The van der Waals surface area contributed by atoms with E-state index in [0.717, 1.165) is 26.9 Å². The van der Waals surface area contributed by atoms with Gasteiger partial charge in [-0.2, -0.15) is 0 Å². The zero-order chi connectivity index (χ0) is 28.6. The van der Waals surface area contributed by atoms with E-state index in [1.807, 2.05) is 56.3 Å². The molecule has 4 amide bonds. The first-order valence-electron chi connectivity index (χ1n) is 12.9. The zero-order valence-corrected chi connectivity index (χ0v) is 24.7. The molecule has 0 saturated carbocycles. The highest BCUT2D eigenvalue weighted by atomic mass is 79.9. The van der Waals surface area contributed by atoms with Gasteiger partial charge in [0.05, 0.1) is 32.2 Å². The van der Waals surface area contributed by atoms with Gasteiger partial charge in [0.15, 0.2) is 0 Å². The molecule has 210 valence electrons. The molecule has 2 aliphatic rings. The highest BCUT2D eigenvalue weighted by Gasteiger charge is 2.43. The number of H-pyrrole nitrogens is 1. The lowest BCUT2D eigenvalue weighted by atomic mass is 10.0. The maximum Gasteiger partial charge on any atom is 0.407 e. The number of hydrogen-bond acceptors (Lipinski definition) is 5. The first-order valence-corrected chi connectivity index (χ1v) is 14.1. The van der Waals surface area contributed by atoms with Crippen molar-refractivity contribution >= 4 is 45.6 Å². The minimum absolute atomic E-state index is 0.0449. The predicted octanol–water partition coefficient (Wildman–Crippen LogP) is 5.15. The number of hydrogen-bond donors (Lipinski definition) is 2. The van der Waals surface area contributed by atoms with Gasteiger partial charge >= 0.3 is 12.1 Å². The van der Waals surface area contributed by atoms with E-state index in [2.05, 4.69) is 31.2 Å². The summed E-state index contributed by atoms with van der Waals surface area (Å²) in [5.74, 6) is 0.00657. The number of halogens is 2. The average Bonchev–Trinajstić information content (AvgIpc) is 3.69. The molecule has 2 N–H and O–H groups in total. The number of carbonyl (C=O) groups is 3. The minimum atomic E-state index is -0.847. The van der Waals surface area contributed by atoms with Crippen molar-refractivity contribution in [2.45, 2.75) is 39.0 Å². The number of imidazole rings is 1. The van der Waals surface area contributed by atoms with Crippen LogP contribution in [0.1, 0.15) is 36.8 Å². The highest BCUT2D eigenvalue weighted by Crippen LogP contribution is 2.34. The summed E-state index contributed by atoms with van der Waals surface area (Å²) in [6.07, 6.45) is 1.02. The quantitative estimate of drug-likeness (QED) is 0.406. The summed E-state index contributed by atoms with van der Waals surface area (Å²) in [6.45, 7) is 4.81. The molecule has 5 rings (SSSR count). The molecule has 0 aliphatic carbocycles.